The summed E-state index contributed by atoms with van der Waals surface area (Å²) in [5, 5.41) is 7.83. The van der Waals surface area contributed by atoms with Crippen LogP contribution in [0.3, 0.4) is 0 Å². The summed E-state index contributed by atoms with van der Waals surface area (Å²) in [4.78, 5) is 25.7. The monoisotopic (exact) mass is 499 g/mol. The van der Waals surface area contributed by atoms with E-state index >= 15 is 0 Å². The first-order chi connectivity index (χ1) is 15.0. The van der Waals surface area contributed by atoms with Crippen LogP contribution in [-0.4, -0.2) is 40.4 Å². The molecular weight excluding hydrogens is 474 g/mol. The minimum atomic E-state index is 0.0630. The highest BCUT2D eigenvalue weighted by Gasteiger charge is 2.25. The molecule has 0 radical (unpaired) electrons. The zero-order chi connectivity index (χ0) is 21.8. The van der Waals surface area contributed by atoms with Gasteiger partial charge in [0.15, 0.2) is 0 Å². The van der Waals surface area contributed by atoms with E-state index in [1.807, 2.05) is 35.2 Å². The van der Waals surface area contributed by atoms with E-state index in [0.717, 1.165) is 39.2 Å². The van der Waals surface area contributed by atoms with Gasteiger partial charge in [0.1, 0.15) is 17.0 Å². The molecule has 3 aromatic rings. The van der Waals surface area contributed by atoms with Crippen molar-refractivity contribution >= 4 is 54.9 Å². The zero-order valence-corrected chi connectivity index (χ0v) is 20.1. The van der Waals surface area contributed by atoms with Gasteiger partial charge in [-0.05, 0) is 42.6 Å². The van der Waals surface area contributed by atoms with Crippen LogP contribution in [0.15, 0.2) is 47.2 Å². The van der Waals surface area contributed by atoms with Gasteiger partial charge >= 0.3 is 0 Å². The summed E-state index contributed by atoms with van der Waals surface area (Å²) in [5.41, 5.74) is 2.22. The van der Waals surface area contributed by atoms with Gasteiger partial charge in [-0.1, -0.05) is 41.9 Å². The number of rotatable bonds is 7. The standard InChI is InChI=1S/C23H26BrN5OS/c1-15(2)12-25-9-4-7-20(30)29-10-8-18-19(13-29)31-23-21(18)22(26-14-27-23)28-17-6-3-5-16(24)11-17/h3-7,11,14-15,25H,8-10,12-13H2,1-2H3,(H,26,27,28)/b7-4+. The average molecular weight is 500 g/mol. The molecule has 0 saturated heterocycles. The molecular formula is C23H26BrN5OS. The van der Waals surface area contributed by atoms with Gasteiger partial charge in [0.05, 0.1) is 11.9 Å². The first-order valence-corrected chi connectivity index (χ1v) is 12.1. The number of nitrogens with zero attached hydrogens (tertiary/aromatic N) is 3. The van der Waals surface area contributed by atoms with E-state index in [9.17, 15) is 4.79 Å². The number of hydrogen-bond donors (Lipinski definition) is 2. The normalized spacial score (nSPS) is 13.9. The fourth-order valence-corrected chi connectivity index (χ4v) is 5.24. The highest BCUT2D eigenvalue weighted by atomic mass is 79.9. The van der Waals surface area contributed by atoms with Crippen LogP contribution in [0.5, 0.6) is 0 Å². The van der Waals surface area contributed by atoms with E-state index in [1.54, 1.807) is 23.7 Å². The van der Waals surface area contributed by atoms with Crippen molar-refractivity contribution in [2.24, 2.45) is 5.92 Å². The first kappa shape index (κ1) is 21.9. The summed E-state index contributed by atoms with van der Waals surface area (Å²) in [6.07, 6.45) is 6.00. The molecule has 1 amide bonds. The van der Waals surface area contributed by atoms with E-state index in [0.29, 0.717) is 25.6 Å². The van der Waals surface area contributed by atoms with E-state index in [2.05, 4.69) is 50.4 Å². The smallest absolute Gasteiger partial charge is 0.246 e. The summed E-state index contributed by atoms with van der Waals surface area (Å²) < 4.78 is 1.01. The summed E-state index contributed by atoms with van der Waals surface area (Å²) in [6, 6.07) is 8.02. The van der Waals surface area contributed by atoms with Crippen molar-refractivity contribution < 1.29 is 4.79 Å². The van der Waals surface area contributed by atoms with Crippen LogP contribution in [0, 0.1) is 5.92 Å². The van der Waals surface area contributed by atoms with Crippen LogP contribution in [0.4, 0.5) is 11.5 Å². The number of nitrogens with one attached hydrogen (secondary N) is 2. The summed E-state index contributed by atoms with van der Waals surface area (Å²) in [7, 11) is 0. The van der Waals surface area contributed by atoms with E-state index in [4.69, 9.17) is 0 Å². The van der Waals surface area contributed by atoms with Crippen molar-refractivity contribution in [1.82, 2.24) is 20.2 Å². The van der Waals surface area contributed by atoms with Crippen LogP contribution >= 0.6 is 27.3 Å². The molecule has 8 heteroatoms. The van der Waals surface area contributed by atoms with Gasteiger partial charge in [-0.25, -0.2) is 9.97 Å². The molecule has 2 N–H and O–H groups in total. The minimum absolute atomic E-state index is 0.0630. The minimum Gasteiger partial charge on any atom is -0.340 e. The molecule has 1 aliphatic rings. The fourth-order valence-electron chi connectivity index (χ4n) is 3.63. The predicted octanol–water partition coefficient (Wildman–Crippen LogP) is 4.88. The lowest BCUT2D eigenvalue weighted by atomic mass is 10.0. The van der Waals surface area contributed by atoms with Crippen molar-refractivity contribution in [1.29, 1.82) is 0 Å². The highest BCUT2D eigenvalue weighted by molar-refractivity contribution is 9.10. The number of fused-ring (bicyclic) bond motifs is 3. The average Bonchev–Trinajstić information content (AvgIpc) is 3.12. The van der Waals surface area contributed by atoms with Gasteiger partial charge in [-0.15, -0.1) is 11.3 Å². The topological polar surface area (TPSA) is 70.2 Å². The SMILES string of the molecule is CC(C)CNC/C=C/C(=O)N1CCc2c(sc3ncnc(Nc4cccc(Br)c4)c23)C1. The number of amides is 1. The molecule has 3 heterocycles. The van der Waals surface area contributed by atoms with Crippen LogP contribution in [-0.2, 0) is 17.8 Å². The van der Waals surface area contributed by atoms with Gasteiger partial charge in [0.25, 0.3) is 0 Å². The second-order valence-electron chi connectivity index (χ2n) is 8.01. The van der Waals surface area contributed by atoms with Crippen LogP contribution in [0.2, 0.25) is 0 Å². The predicted molar refractivity (Wildman–Crippen MR) is 131 cm³/mol. The first-order valence-electron chi connectivity index (χ1n) is 10.4. The van der Waals surface area contributed by atoms with Gasteiger partial charge in [0.2, 0.25) is 5.91 Å². The molecule has 2 aromatic heterocycles. The lowest BCUT2D eigenvalue weighted by molar-refractivity contribution is -0.126. The fraction of sp³-hybridized carbons (Fsp3) is 0.348. The summed E-state index contributed by atoms with van der Waals surface area (Å²) >= 11 is 5.17. The molecule has 6 nitrogen and oxygen atoms in total. The highest BCUT2D eigenvalue weighted by Crippen LogP contribution is 2.38. The molecule has 162 valence electrons. The van der Waals surface area contributed by atoms with Gasteiger partial charge < -0.3 is 15.5 Å². The van der Waals surface area contributed by atoms with Crippen LogP contribution in [0.1, 0.15) is 24.3 Å². The Hall–Kier alpha value is -2.29. The third-order valence-corrected chi connectivity index (χ3v) is 6.73. The van der Waals surface area contributed by atoms with Crippen molar-refractivity contribution in [3.63, 3.8) is 0 Å². The van der Waals surface area contributed by atoms with E-state index < -0.39 is 0 Å². The summed E-state index contributed by atoms with van der Waals surface area (Å²) in [6.45, 7) is 7.32. The Balaban J connectivity index is 1.49. The number of thiophene rings is 1. The maximum Gasteiger partial charge on any atom is 0.246 e. The Kier molecular flexibility index (Phi) is 6.99. The number of aromatic nitrogens is 2. The number of benzene rings is 1. The number of anilines is 2. The second kappa shape index (κ2) is 9.89. The molecule has 0 saturated carbocycles. The molecule has 0 atom stereocenters. The van der Waals surface area contributed by atoms with Gasteiger partial charge in [-0.2, -0.15) is 0 Å². The Bertz CT molecular complexity index is 1110. The molecule has 1 aliphatic heterocycles. The Morgan fingerprint density at radius 2 is 2.23 bits per heavy atom. The molecule has 4 rings (SSSR count). The summed E-state index contributed by atoms with van der Waals surface area (Å²) in [5.74, 6) is 1.48. The maximum atomic E-state index is 12.6. The number of hydrogen-bond acceptors (Lipinski definition) is 6. The molecule has 0 unspecified atom stereocenters. The van der Waals surface area contributed by atoms with Crippen molar-refractivity contribution in [2.45, 2.75) is 26.8 Å². The van der Waals surface area contributed by atoms with Crippen LogP contribution in [0.25, 0.3) is 10.2 Å². The van der Waals surface area contributed by atoms with E-state index in [1.165, 1.54) is 10.4 Å². The van der Waals surface area contributed by atoms with Gasteiger partial charge in [0, 0.05) is 34.2 Å². The lowest BCUT2D eigenvalue weighted by Gasteiger charge is -2.26. The largest absolute Gasteiger partial charge is 0.340 e. The molecule has 1 aromatic carbocycles. The zero-order valence-electron chi connectivity index (χ0n) is 17.7. The third kappa shape index (κ3) is 5.31. The number of halogens is 1. The van der Waals surface area contributed by atoms with Crippen molar-refractivity contribution in [2.75, 3.05) is 25.0 Å². The Morgan fingerprint density at radius 3 is 3.03 bits per heavy atom. The number of carbonyl (C=O) groups excluding carboxylic acids is 1. The Morgan fingerprint density at radius 1 is 1.35 bits per heavy atom. The quantitative estimate of drug-likeness (QED) is 0.357. The van der Waals surface area contributed by atoms with Crippen molar-refractivity contribution in [3.8, 4) is 0 Å². The van der Waals surface area contributed by atoms with Crippen molar-refractivity contribution in [3.05, 3.63) is 57.7 Å². The lowest BCUT2D eigenvalue weighted by Crippen LogP contribution is -2.34. The molecule has 0 spiro atoms. The molecule has 0 bridgehead atoms. The Labute approximate surface area is 194 Å². The molecule has 0 fully saturated rings. The second-order valence-corrected chi connectivity index (χ2v) is 10.0. The van der Waals surface area contributed by atoms with Crippen LogP contribution < -0.4 is 10.6 Å². The molecule has 31 heavy (non-hydrogen) atoms. The number of carbonyl (C=O) groups is 1. The molecule has 0 aliphatic carbocycles. The third-order valence-electron chi connectivity index (χ3n) is 5.11. The van der Waals surface area contributed by atoms with E-state index in [-0.39, 0.29) is 5.91 Å². The maximum absolute atomic E-state index is 12.6. The van der Waals surface area contributed by atoms with Gasteiger partial charge in [-0.3, -0.25) is 4.79 Å².